The van der Waals surface area contributed by atoms with Crippen LogP contribution in [0.1, 0.15) is 104 Å². The SMILES string of the molecule is CN1CCN(CCCC(=O)c2cc(OC3CCC(NC(=S)Nc4cccc(OC(F)(F)F)c4)C3)ccc2OC(F)(F)F)CC1.CN1CCN(CCNC(=O)C2CC(CC(=S)Cc3cccc(OC(F)(F)F)c3)CC2Oc2ccc(OC(F)(F)F)cc2)CC1.CN1CCN(CCNC(=O)c2cc(OC(C)(F)F)ccc2OC2CCC(NC(=S)Nc3cccc(OC(F)(F)F)c3)C2)CC1. The maximum absolute atomic E-state index is 13.5. The van der Waals surface area contributed by atoms with Gasteiger partial charge in [-0.15, -0.1) is 65.9 Å². The van der Waals surface area contributed by atoms with Gasteiger partial charge >= 0.3 is 37.9 Å². The van der Waals surface area contributed by atoms with E-state index >= 15 is 0 Å². The number of carbonyl (C=O) groups is 3. The number of thiocarbonyl (C=S) groups is 3. The minimum atomic E-state index is -4.96. The number of alkyl halides is 17. The first kappa shape index (κ1) is 104. The molecule has 7 atom stereocenters. The van der Waals surface area contributed by atoms with Gasteiger partial charge in [-0.05, 0) is 217 Å². The van der Waals surface area contributed by atoms with E-state index in [0.717, 1.165) is 96.7 Å². The molecule has 3 saturated heterocycles. The predicted octanol–water partition coefficient (Wildman–Crippen LogP) is 16.4. The van der Waals surface area contributed by atoms with Gasteiger partial charge in [0.15, 0.2) is 16.0 Å². The van der Waals surface area contributed by atoms with Crippen molar-refractivity contribution >= 4 is 80.7 Å². The van der Waals surface area contributed by atoms with Crippen molar-refractivity contribution in [2.45, 2.75) is 152 Å². The summed E-state index contributed by atoms with van der Waals surface area (Å²) in [5, 5.41) is 18.2. The van der Waals surface area contributed by atoms with Gasteiger partial charge in [-0.25, -0.2) is 0 Å². The molecule has 6 N–H and O–H groups in total. The third-order valence-electron chi connectivity index (χ3n) is 22.1. The van der Waals surface area contributed by atoms with Gasteiger partial charge in [-0.2, -0.15) is 8.78 Å². The normalized spacial score (nSPS) is 20.4. The zero-order chi connectivity index (χ0) is 95.7. The molecule has 0 aromatic heterocycles. The number of ether oxygens (including phenoxy) is 9. The van der Waals surface area contributed by atoms with Crippen LogP contribution in [0.3, 0.4) is 0 Å². The van der Waals surface area contributed by atoms with Crippen LogP contribution in [0.5, 0.6) is 51.7 Å². The Hall–Kier alpha value is -9.83. The number of amides is 2. The van der Waals surface area contributed by atoms with Crippen molar-refractivity contribution in [3.63, 3.8) is 0 Å². The van der Waals surface area contributed by atoms with Crippen molar-refractivity contribution in [2.24, 2.45) is 11.8 Å². The predicted molar refractivity (Wildman–Crippen MR) is 468 cm³/mol. The molecule has 6 aromatic carbocycles. The highest BCUT2D eigenvalue weighted by atomic mass is 32.1. The fourth-order valence-electron chi connectivity index (χ4n) is 15.8. The topological polar surface area (TPSA) is 226 Å². The van der Waals surface area contributed by atoms with E-state index in [4.69, 9.17) is 55.6 Å². The summed E-state index contributed by atoms with van der Waals surface area (Å²) in [6.07, 6.45) is -23.1. The van der Waals surface area contributed by atoms with Crippen LogP contribution < -0.4 is 74.5 Å². The maximum Gasteiger partial charge on any atom is 0.573 e. The summed E-state index contributed by atoms with van der Waals surface area (Å²) in [5.41, 5.74) is 1.09. The third kappa shape index (κ3) is 37.9. The summed E-state index contributed by atoms with van der Waals surface area (Å²) in [6, 6.07) is 28.7. The van der Waals surface area contributed by atoms with Crippen LogP contribution in [-0.2, 0) is 11.2 Å². The highest BCUT2D eigenvalue weighted by Crippen LogP contribution is 2.41. The van der Waals surface area contributed by atoms with Crippen molar-refractivity contribution in [3.8, 4) is 51.7 Å². The lowest BCUT2D eigenvalue weighted by molar-refractivity contribution is -0.275. The van der Waals surface area contributed by atoms with Gasteiger partial charge in [-0.1, -0.05) is 36.5 Å². The van der Waals surface area contributed by atoms with Gasteiger partial charge in [0, 0.05) is 173 Å². The third-order valence-corrected chi connectivity index (χ3v) is 22.8. The van der Waals surface area contributed by atoms with E-state index in [1.807, 2.05) is 7.05 Å². The molecule has 2 amide bonds. The van der Waals surface area contributed by atoms with E-state index in [2.05, 4.69) is 99.1 Å². The number of nitrogens with one attached hydrogen (secondary N) is 6. The minimum Gasteiger partial charge on any atom is -0.490 e. The second kappa shape index (κ2) is 47.9. The minimum absolute atomic E-state index is 0.0386. The Morgan fingerprint density at radius 1 is 0.417 bits per heavy atom. The molecule has 726 valence electrons. The zero-order valence-corrected chi connectivity index (χ0v) is 74.9. The smallest absolute Gasteiger partial charge is 0.490 e. The van der Waals surface area contributed by atoms with Gasteiger partial charge in [0.25, 0.3) is 5.91 Å². The van der Waals surface area contributed by atoms with Crippen LogP contribution in [0.25, 0.3) is 0 Å². The lowest BCUT2D eigenvalue weighted by Gasteiger charge is -2.32. The largest absolute Gasteiger partial charge is 0.573 e. The number of piperazine rings is 3. The van der Waals surface area contributed by atoms with Crippen LogP contribution >= 0.6 is 36.7 Å². The first-order valence-electron chi connectivity index (χ1n) is 42.7. The first-order chi connectivity index (χ1) is 62.2. The average molecular weight is 1940 g/mol. The summed E-state index contributed by atoms with van der Waals surface area (Å²) in [6.45, 7) is 14.5. The Morgan fingerprint density at radius 3 is 1.36 bits per heavy atom. The number of likely N-dealkylation sites (N-methyl/N-ethyl adjacent to an activating group) is 3. The molecule has 12 rings (SSSR count). The standard InChI is InChI=1S/C30H35F6N3O4S.C29H34F6N4O4S.C29H36F5N5O4S/c1-38-11-13-39(14-12-38)10-9-37-28(40)26-18-21(17-25(44)16-20-3-2-4-24(15-20)43-30(34,35)36)19-27(26)41-22-5-7-23(8-6-22)42-29(31,32)33;1-38-12-14-39(15-13-38)11-3-6-25(40)24-18-22(9-10-26(24)43-29(33,34)35)41-21-8-7-20(16-21)37-27(44)36-19-4-2-5-23(17-19)42-28(30,31)32;1-28(30,31)42-23-8-9-25(24(18-23)26(40)35-10-11-39-14-12-38(2)13-15-39)41-21-7-6-20(16-21)37-27(44)36-19-4-3-5-22(17-19)43-29(32,33)34/h2-8,15,21,26-27H,9-14,16-19H2,1H3,(H,37,40);2,4-5,9-10,17-18,20-21H,3,6-8,11-16H2,1H3,(H2,36,37,44);3-5,8-9,17-18,20-21H,6-7,10-16H2,1-2H3,(H,35,40)(H2,36,37,44). The number of Topliss-reactive ketones (excluding diaryl/α,β-unsaturated/α-hetero) is 1. The van der Waals surface area contributed by atoms with Crippen LogP contribution in [0.2, 0.25) is 0 Å². The fraction of sp³-hybridized carbons (Fsp3) is 0.523. The number of hydrogen-bond donors (Lipinski definition) is 6. The molecular weight excluding hydrogens is 1840 g/mol. The molecule has 7 unspecified atom stereocenters. The van der Waals surface area contributed by atoms with E-state index in [1.165, 1.54) is 103 Å². The molecule has 3 heterocycles. The van der Waals surface area contributed by atoms with Gasteiger partial charge in [0.05, 0.1) is 17.0 Å². The molecule has 6 aliphatic rings. The lowest BCUT2D eigenvalue weighted by atomic mass is 9.96. The molecule has 0 radical (unpaired) electrons. The Labute approximate surface area is 768 Å². The van der Waals surface area contributed by atoms with Gasteiger partial charge < -0.3 is 94.1 Å². The number of ketones is 1. The fourth-order valence-corrected chi connectivity index (χ4v) is 16.8. The van der Waals surface area contributed by atoms with Crippen LogP contribution in [0.4, 0.5) is 86.0 Å². The van der Waals surface area contributed by atoms with Crippen molar-refractivity contribution in [1.82, 2.24) is 50.7 Å². The van der Waals surface area contributed by atoms with E-state index in [0.29, 0.717) is 131 Å². The molecule has 0 spiro atoms. The van der Waals surface area contributed by atoms with E-state index in [1.54, 1.807) is 12.1 Å². The van der Waals surface area contributed by atoms with Crippen molar-refractivity contribution in [3.05, 3.63) is 150 Å². The summed E-state index contributed by atoms with van der Waals surface area (Å²) in [7, 11) is 6.16. The molecule has 6 fully saturated rings. The Balaban J connectivity index is 0.000000205. The van der Waals surface area contributed by atoms with Crippen molar-refractivity contribution in [1.29, 1.82) is 0 Å². The number of nitrogens with zero attached hydrogens (tertiary/aromatic N) is 6. The quantitative estimate of drug-likeness (QED) is 0.0125. The zero-order valence-electron chi connectivity index (χ0n) is 72.5. The Kier molecular flexibility index (Phi) is 37.8. The highest BCUT2D eigenvalue weighted by Gasteiger charge is 2.43. The van der Waals surface area contributed by atoms with E-state index in [9.17, 15) is 89.0 Å². The lowest BCUT2D eigenvalue weighted by Crippen LogP contribution is -2.47. The van der Waals surface area contributed by atoms with Crippen LogP contribution in [0, 0.1) is 11.8 Å². The molecule has 44 heteroatoms. The number of halogens is 17. The summed E-state index contributed by atoms with van der Waals surface area (Å²) in [4.78, 5) is 53.6. The molecular formula is C88H105F17N12O12S3. The van der Waals surface area contributed by atoms with Crippen LogP contribution in [-0.4, -0.2) is 263 Å². The van der Waals surface area contributed by atoms with E-state index < -0.39 is 67.4 Å². The molecule has 3 aliphatic carbocycles. The molecule has 6 aromatic rings. The van der Waals surface area contributed by atoms with Crippen molar-refractivity contribution in [2.75, 3.05) is 143 Å². The van der Waals surface area contributed by atoms with Gasteiger partial charge in [-0.3, -0.25) is 24.2 Å². The Morgan fingerprint density at radius 2 is 0.848 bits per heavy atom. The maximum atomic E-state index is 13.5. The molecule has 24 nitrogen and oxygen atoms in total. The number of anilines is 2. The number of carbonyl (C=O) groups excluding carboxylic acids is 3. The monoisotopic (exact) mass is 1940 g/mol. The summed E-state index contributed by atoms with van der Waals surface area (Å²) < 4.78 is 260. The molecule has 3 saturated carbocycles. The molecule has 3 aliphatic heterocycles. The summed E-state index contributed by atoms with van der Waals surface area (Å²) in [5.74, 6) is -3.10. The average Bonchev–Trinajstić information content (AvgIpc) is 1.03. The van der Waals surface area contributed by atoms with Gasteiger partial charge in [0.1, 0.15) is 70.1 Å². The second-order valence-corrected chi connectivity index (χ2v) is 34.3. The van der Waals surface area contributed by atoms with Crippen LogP contribution in [0.15, 0.2) is 133 Å². The second-order valence-electron chi connectivity index (χ2n) is 32.9. The Bertz CT molecular complexity index is 4750. The first-order valence-corrected chi connectivity index (χ1v) is 43.9. The van der Waals surface area contributed by atoms with E-state index in [-0.39, 0.29) is 111 Å². The van der Waals surface area contributed by atoms with Gasteiger partial charge in [0.2, 0.25) is 5.91 Å². The molecule has 132 heavy (non-hydrogen) atoms. The molecule has 0 bridgehead atoms. The number of benzene rings is 6. The highest BCUT2D eigenvalue weighted by molar-refractivity contribution is 7.80. The van der Waals surface area contributed by atoms with Crippen molar-refractivity contribution < 1.29 is 132 Å². The summed E-state index contributed by atoms with van der Waals surface area (Å²) >= 11 is 16.2. The number of hydrogen-bond acceptors (Lipinski definition) is 21. The number of rotatable bonds is 34.